The predicted octanol–water partition coefficient (Wildman–Crippen LogP) is -0.717. The molecule has 13 heavy (non-hydrogen) atoms. The van der Waals surface area contributed by atoms with Gasteiger partial charge in [0.05, 0.1) is 0 Å². The molecule has 0 amide bonds. The molecule has 0 aromatic rings. The molecular formula is C7H16N2O3S. The molecule has 1 rings (SSSR count). The number of piperidine rings is 1. The lowest BCUT2D eigenvalue weighted by atomic mass is 9.96. The van der Waals surface area contributed by atoms with Crippen molar-refractivity contribution in [3.05, 3.63) is 0 Å². The van der Waals surface area contributed by atoms with Crippen molar-refractivity contribution in [1.29, 1.82) is 0 Å². The molecule has 0 spiro atoms. The molecule has 0 radical (unpaired) electrons. The average molecular weight is 208 g/mol. The maximum absolute atomic E-state index is 11.1. The molecule has 2 atom stereocenters. The first-order valence-electron chi connectivity index (χ1n) is 4.35. The highest BCUT2D eigenvalue weighted by atomic mass is 32.2. The Hall–Kier alpha value is -0.170. The van der Waals surface area contributed by atoms with Gasteiger partial charge in [0.1, 0.15) is 0 Å². The van der Waals surface area contributed by atoms with Gasteiger partial charge in [-0.1, -0.05) is 0 Å². The number of hydrogen-bond donors (Lipinski definition) is 2. The van der Waals surface area contributed by atoms with Gasteiger partial charge in [0.2, 0.25) is 0 Å². The van der Waals surface area contributed by atoms with Crippen molar-refractivity contribution in [3.63, 3.8) is 0 Å². The molecular weight excluding hydrogens is 192 g/mol. The van der Waals surface area contributed by atoms with Crippen LogP contribution < -0.4 is 5.14 Å². The summed E-state index contributed by atoms with van der Waals surface area (Å²) in [6.45, 7) is 2.20. The zero-order valence-corrected chi connectivity index (χ0v) is 8.50. The molecule has 0 aliphatic carbocycles. The number of hydrogen-bond acceptors (Lipinski definition) is 3. The summed E-state index contributed by atoms with van der Waals surface area (Å²) in [6.07, 6.45) is 1.63. The van der Waals surface area contributed by atoms with Gasteiger partial charge in [-0.15, -0.1) is 0 Å². The Morgan fingerprint density at radius 3 is 2.62 bits per heavy atom. The lowest BCUT2D eigenvalue weighted by Gasteiger charge is -2.34. The Balaban J connectivity index is 2.71. The van der Waals surface area contributed by atoms with E-state index in [2.05, 4.69) is 0 Å². The summed E-state index contributed by atoms with van der Waals surface area (Å²) in [6, 6.07) is -0.0437. The highest BCUT2D eigenvalue weighted by Gasteiger charge is 2.31. The van der Waals surface area contributed by atoms with Gasteiger partial charge < -0.3 is 5.11 Å². The van der Waals surface area contributed by atoms with E-state index in [1.807, 2.05) is 6.92 Å². The zero-order valence-electron chi connectivity index (χ0n) is 7.68. The molecule has 0 aromatic heterocycles. The molecule has 0 saturated carbocycles. The Labute approximate surface area is 78.7 Å². The van der Waals surface area contributed by atoms with Gasteiger partial charge >= 0.3 is 0 Å². The molecule has 1 aliphatic rings. The first kappa shape index (κ1) is 10.9. The molecule has 1 aliphatic heterocycles. The van der Waals surface area contributed by atoms with Gasteiger partial charge in [0, 0.05) is 19.2 Å². The molecule has 6 heteroatoms. The Morgan fingerprint density at radius 2 is 2.15 bits per heavy atom. The first-order valence-corrected chi connectivity index (χ1v) is 5.86. The zero-order chi connectivity index (χ0) is 10.1. The van der Waals surface area contributed by atoms with Crippen LogP contribution in [0, 0.1) is 5.92 Å². The van der Waals surface area contributed by atoms with Crippen LogP contribution in [0.2, 0.25) is 0 Å². The minimum Gasteiger partial charge on any atom is -0.396 e. The van der Waals surface area contributed by atoms with E-state index in [0.717, 1.165) is 12.8 Å². The Bertz CT molecular complexity index is 265. The van der Waals surface area contributed by atoms with Crippen LogP contribution in [0.5, 0.6) is 0 Å². The Morgan fingerprint density at radius 1 is 1.54 bits per heavy atom. The fraction of sp³-hybridized carbons (Fsp3) is 1.00. The predicted molar refractivity (Wildman–Crippen MR) is 49.1 cm³/mol. The summed E-state index contributed by atoms with van der Waals surface area (Å²) in [7, 11) is -3.60. The minimum absolute atomic E-state index is 0.0265. The van der Waals surface area contributed by atoms with E-state index in [1.165, 1.54) is 4.31 Å². The SMILES string of the molecule is CC1CCC(CO)CN1S(N)(=O)=O. The molecule has 0 bridgehead atoms. The molecule has 78 valence electrons. The van der Waals surface area contributed by atoms with Crippen LogP contribution in [0.25, 0.3) is 0 Å². The van der Waals surface area contributed by atoms with E-state index in [0.29, 0.717) is 6.54 Å². The fourth-order valence-corrected chi connectivity index (χ4v) is 2.68. The van der Waals surface area contributed by atoms with E-state index in [1.54, 1.807) is 0 Å². The molecule has 1 fully saturated rings. The van der Waals surface area contributed by atoms with Crippen LogP contribution >= 0.6 is 0 Å². The van der Waals surface area contributed by atoms with Gasteiger partial charge in [-0.25, -0.2) is 5.14 Å². The van der Waals surface area contributed by atoms with Crippen molar-refractivity contribution in [2.45, 2.75) is 25.8 Å². The van der Waals surface area contributed by atoms with Gasteiger partial charge in [-0.05, 0) is 25.7 Å². The third-order valence-corrected chi connectivity index (χ3v) is 3.67. The van der Waals surface area contributed by atoms with Gasteiger partial charge in [0.25, 0.3) is 10.2 Å². The molecule has 3 N–H and O–H groups in total. The summed E-state index contributed by atoms with van der Waals surface area (Å²) in [5.74, 6) is 0.0366. The molecule has 1 saturated heterocycles. The molecule has 2 unspecified atom stereocenters. The standard InChI is InChI=1S/C7H16N2O3S/c1-6-2-3-7(5-10)4-9(6)13(8,11)12/h6-7,10H,2-5H2,1H3,(H2,8,11,12). The van der Waals surface area contributed by atoms with E-state index < -0.39 is 10.2 Å². The summed E-state index contributed by atoms with van der Waals surface area (Å²) in [5.41, 5.74) is 0. The van der Waals surface area contributed by atoms with Crippen molar-refractivity contribution in [2.75, 3.05) is 13.2 Å². The van der Waals surface area contributed by atoms with Crippen LogP contribution in [0.3, 0.4) is 0 Å². The van der Waals surface area contributed by atoms with Crippen molar-refractivity contribution < 1.29 is 13.5 Å². The normalized spacial score (nSPS) is 31.9. The molecule has 5 nitrogen and oxygen atoms in total. The summed E-state index contributed by atoms with van der Waals surface area (Å²) in [5, 5.41) is 13.9. The summed E-state index contributed by atoms with van der Waals surface area (Å²) < 4.78 is 23.4. The Kier molecular flexibility index (Phi) is 3.28. The van der Waals surface area contributed by atoms with E-state index in [9.17, 15) is 8.42 Å². The van der Waals surface area contributed by atoms with Crippen LogP contribution in [0.4, 0.5) is 0 Å². The number of aliphatic hydroxyl groups excluding tert-OH is 1. The summed E-state index contributed by atoms with van der Waals surface area (Å²) in [4.78, 5) is 0. The monoisotopic (exact) mass is 208 g/mol. The van der Waals surface area contributed by atoms with Crippen molar-refractivity contribution in [2.24, 2.45) is 11.1 Å². The number of nitrogens with zero attached hydrogens (tertiary/aromatic N) is 1. The third-order valence-electron chi connectivity index (χ3n) is 2.51. The second kappa shape index (κ2) is 3.91. The van der Waals surface area contributed by atoms with Crippen LogP contribution in [-0.4, -0.2) is 37.0 Å². The first-order chi connectivity index (χ1) is 5.95. The maximum atomic E-state index is 11.1. The quantitative estimate of drug-likeness (QED) is 0.628. The molecule has 0 aromatic carbocycles. The van der Waals surface area contributed by atoms with E-state index in [4.69, 9.17) is 10.2 Å². The van der Waals surface area contributed by atoms with Gasteiger partial charge in [0.15, 0.2) is 0 Å². The lowest BCUT2D eigenvalue weighted by molar-refractivity contribution is 0.139. The van der Waals surface area contributed by atoms with Crippen LogP contribution in [-0.2, 0) is 10.2 Å². The fourth-order valence-electron chi connectivity index (χ4n) is 1.65. The lowest BCUT2D eigenvalue weighted by Crippen LogP contribution is -2.49. The topological polar surface area (TPSA) is 83.6 Å². The highest BCUT2D eigenvalue weighted by Crippen LogP contribution is 2.22. The van der Waals surface area contributed by atoms with Crippen molar-refractivity contribution in [3.8, 4) is 0 Å². The van der Waals surface area contributed by atoms with E-state index in [-0.39, 0.29) is 18.6 Å². The largest absolute Gasteiger partial charge is 0.396 e. The highest BCUT2D eigenvalue weighted by molar-refractivity contribution is 7.86. The second-order valence-electron chi connectivity index (χ2n) is 3.59. The number of nitrogens with two attached hydrogens (primary N) is 1. The maximum Gasteiger partial charge on any atom is 0.277 e. The van der Waals surface area contributed by atoms with Gasteiger partial charge in [-0.2, -0.15) is 12.7 Å². The third kappa shape index (κ3) is 2.63. The average Bonchev–Trinajstić information content (AvgIpc) is 2.03. The van der Waals surface area contributed by atoms with Gasteiger partial charge in [-0.3, -0.25) is 0 Å². The number of rotatable bonds is 2. The van der Waals surface area contributed by atoms with Crippen LogP contribution in [0.1, 0.15) is 19.8 Å². The summed E-state index contributed by atoms with van der Waals surface area (Å²) >= 11 is 0. The molecule has 1 heterocycles. The number of aliphatic hydroxyl groups is 1. The minimum atomic E-state index is -3.60. The second-order valence-corrected chi connectivity index (χ2v) is 5.09. The smallest absolute Gasteiger partial charge is 0.277 e. The van der Waals surface area contributed by atoms with Crippen molar-refractivity contribution in [1.82, 2.24) is 4.31 Å². The van der Waals surface area contributed by atoms with Crippen LogP contribution in [0.15, 0.2) is 0 Å². The van der Waals surface area contributed by atoms with E-state index >= 15 is 0 Å². The van der Waals surface area contributed by atoms with Crippen molar-refractivity contribution >= 4 is 10.2 Å².